The van der Waals surface area contributed by atoms with Gasteiger partial charge in [-0.3, -0.25) is 0 Å². The Kier molecular flexibility index (Phi) is 6.85. The standard InChI is InChI=1S/C26H27NO4/c1-29-25(28)19-31-24-14-8-13-23-22(24)15-16-27(23)17-18-30-26(20-9-4-2-5-10-20)21-11-6-3-7-12-21/h2-14,26H,15-19H2,1H3. The summed E-state index contributed by atoms with van der Waals surface area (Å²) < 4.78 is 16.7. The molecule has 0 aromatic heterocycles. The molecule has 31 heavy (non-hydrogen) atoms. The summed E-state index contributed by atoms with van der Waals surface area (Å²) in [7, 11) is 1.36. The number of hydrogen-bond donors (Lipinski definition) is 0. The highest BCUT2D eigenvalue weighted by molar-refractivity contribution is 5.71. The molecule has 0 spiro atoms. The number of rotatable bonds is 9. The van der Waals surface area contributed by atoms with E-state index in [1.807, 2.05) is 48.5 Å². The van der Waals surface area contributed by atoms with Crippen molar-refractivity contribution in [2.75, 3.05) is 38.3 Å². The van der Waals surface area contributed by atoms with E-state index in [1.54, 1.807) is 0 Å². The molecule has 3 aromatic carbocycles. The van der Waals surface area contributed by atoms with Crippen LogP contribution in [0.1, 0.15) is 22.8 Å². The van der Waals surface area contributed by atoms with Gasteiger partial charge >= 0.3 is 5.97 Å². The van der Waals surface area contributed by atoms with Crippen LogP contribution in [-0.4, -0.2) is 39.4 Å². The van der Waals surface area contributed by atoms with Crippen LogP contribution in [0.25, 0.3) is 0 Å². The minimum Gasteiger partial charge on any atom is -0.482 e. The van der Waals surface area contributed by atoms with Gasteiger partial charge in [-0.2, -0.15) is 0 Å². The van der Waals surface area contributed by atoms with Crippen molar-refractivity contribution in [3.05, 3.63) is 95.6 Å². The molecule has 5 heteroatoms. The Balaban J connectivity index is 1.42. The highest BCUT2D eigenvalue weighted by atomic mass is 16.6. The number of benzene rings is 3. The van der Waals surface area contributed by atoms with Crippen LogP contribution in [0.5, 0.6) is 5.75 Å². The summed E-state index contributed by atoms with van der Waals surface area (Å²) in [5.41, 5.74) is 4.57. The molecule has 1 aliphatic heterocycles. The zero-order chi connectivity index (χ0) is 21.5. The first-order valence-corrected chi connectivity index (χ1v) is 10.5. The van der Waals surface area contributed by atoms with Crippen LogP contribution in [0.4, 0.5) is 5.69 Å². The van der Waals surface area contributed by atoms with Gasteiger partial charge in [0.2, 0.25) is 0 Å². The fourth-order valence-corrected chi connectivity index (χ4v) is 3.95. The number of carbonyl (C=O) groups excluding carboxylic acids is 1. The van der Waals surface area contributed by atoms with Gasteiger partial charge < -0.3 is 19.1 Å². The molecule has 0 bridgehead atoms. The van der Waals surface area contributed by atoms with Crippen molar-refractivity contribution in [1.29, 1.82) is 0 Å². The molecule has 0 saturated carbocycles. The maximum Gasteiger partial charge on any atom is 0.343 e. The molecule has 0 N–H and O–H groups in total. The van der Waals surface area contributed by atoms with E-state index in [0.717, 1.165) is 47.6 Å². The van der Waals surface area contributed by atoms with Crippen LogP contribution in [0.3, 0.4) is 0 Å². The second-order valence-electron chi connectivity index (χ2n) is 7.43. The predicted octanol–water partition coefficient (Wildman–Crippen LogP) is 4.41. The van der Waals surface area contributed by atoms with E-state index in [9.17, 15) is 4.79 Å². The highest BCUT2D eigenvalue weighted by Crippen LogP contribution is 2.35. The third kappa shape index (κ3) is 5.06. The number of hydrogen-bond acceptors (Lipinski definition) is 5. The van der Waals surface area contributed by atoms with Gasteiger partial charge in [-0.25, -0.2) is 4.79 Å². The lowest BCUT2D eigenvalue weighted by molar-refractivity contribution is -0.142. The molecule has 0 fully saturated rings. The Hall–Kier alpha value is -3.31. The second-order valence-corrected chi connectivity index (χ2v) is 7.43. The highest BCUT2D eigenvalue weighted by Gasteiger charge is 2.23. The number of esters is 1. The average molecular weight is 418 g/mol. The fourth-order valence-electron chi connectivity index (χ4n) is 3.95. The first kappa shape index (κ1) is 20.9. The molecular weight excluding hydrogens is 390 g/mol. The predicted molar refractivity (Wildman–Crippen MR) is 121 cm³/mol. The average Bonchev–Trinajstić information content (AvgIpc) is 3.25. The Morgan fingerprint density at radius 3 is 2.26 bits per heavy atom. The summed E-state index contributed by atoms with van der Waals surface area (Å²) in [5.74, 6) is 0.367. The lowest BCUT2D eigenvalue weighted by Gasteiger charge is -2.23. The van der Waals surface area contributed by atoms with Crippen molar-refractivity contribution in [2.45, 2.75) is 12.5 Å². The Bertz CT molecular complexity index is 951. The van der Waals surface area contributed by atoms with Gasteiger partial charge in [0.25, 0.3) is 0 Å². The van der Waals surface area contributed by atoms with Crippen molar-refractivity contribution in [1.82, 2.24) is 0 Å². The van der Waals surface area contributed by atoms with E-state index in [-0.39, 0.29) is 18.7 Å². The number of methoxy groups -OCH3 is 1. The molecule has 1 heterocycles. The van der Waals surface area contributed by atoms with Crippen LogP contribution in [0, 0.1) is 0 Å². The molecule has 0 aliphatic carbocycles. The van der Waals surface area contributed by atoms with Crippen molar-refractivity contribution >= 4 is 11.7 Å². The fraction of sp³-hybridized carbons (Fsp3) is 0.269. The molecule has 0 amide bonds. The summed E-state index contributed by atoms with van der Waals surface area (Å²) in [6, 6.07) is 26.6. The van der Waals surface area contributed by atoms with Crippen LogP contribution in [-0.2, 0) is 20.7 Å². The van der Waals surface area contributed by atoms with Gasteiger partial charge in [0.15, 0.2) is 6.61 Å². The Morgan fingerprint density at radius 1 is 0.935 bits per heavy atom. The number of nitrogens with zero attached hydrogens (tertiary/aromatic N) is 1. The summed E-state index contributed by atoms with van der Waals surface area (Å²) in [6.07, 6.45) is 0.784. The van der Waals surface area contributed by atoms with Crippen molar-refractivity contribution in [3.8, 4) is 5.75 Å². The first-order chi connectivity index (χ1) is 15.3. The van der Waals surface area contributed by atoms with Crippen LogP contribution in [0.2, 0.25) is 0 Å². The van der Waals surface area contributed by atoms with E-state index < -0.39 is 0 Å². The van der Waals surface area contributed by atoms with Gasteiger partial charge in [-0.1, -0.05) is 66.7 Å². The maximum atomic E-state index is 11.4. The van der Waals surface area contributed by atoms with Crippen LogP contribution in [0.15, 0.2) is 78.9 Å². The summed E-state index contributed by atoms with van der Waals surface area (Å²) >= 11 is 0. The molecule has 0 radical (unpaired) electrons. The molecule has 1 aliphatic rings. The third-order valence-electron chi connectivity index (χ3n) is 5.50. The molecule has 0 saturated heterocycles. The summed E-state index contributed by atoms with van der Waals surface area (Å²) in [5, 5.41) is 0. The van der Waals surface area contributed by atoms with Gasteiger partial charge in [0.1, 0.15) is 11.9 Å². The SMILES string of the molecule is COC(=O)COc1cccc2c1CCN2CCOC(c1ccccc1)c1ccccc1. The third-order valence-corrected chi connectivity index (χ3v) is 5.50. The van der Waals surface area contributed by atoms with E-state index in [2.05, 4.69) is 40.0 Å². The normalized spacial score (nSPS) is 12.6. The van der Waals surface area contributed by atoms with E-state index in [1.165, 1.54) is 7.11 Å². The maximum absolute atomic E-state index is 11.4. The van der Waals surface area contributed by atoms with Gasteiger partial charge in [0, 0.05) is 24.3 Å². The molecule has 0 unspecified atom stereocenters. The van der Waals surface area contributed by atoms with Gasteiger partial charge in [0.05, 0.1) is 13.7 Å². The summed E-state index contributed by atoms with van der Waals surface area (Å²) in [6.45, 7) is 2.20. The van der Waals surface area contributed by atoms with E-state index in [0.29, 0.717) is 6.61 Å². The second kappa shape index (κ2) is 10.1. The zero-order valence-electron chi connectivity index (χ0n) is 17.7. The van der Waals surface area contributed by atoms with Crippen molar-refractivity contribution < 1.29 is 19.0 Å². The van der Waals surface area contributed by atoms with Crippen LogP contribution < -0.4 is 9.64 Å². The van der Waals surface area contributed by atoms with Crippen molar-refractivity contribution in [2.24, 2.45) is 0 Å². The Morgan fingerprint density at radius 2 is 1.61 bits per heavy atom. The topological polar surface area (TPSA) is 48.0 Å². The molecule has 3 aromatic rings. The smallest absolute Gasteiger partial charge is 0.343 e. The Labute approximate surface area is 183 Å². The minimum absolute atomic E-state index is 0.0775. The van der Waals surface area contributed by atoms with Crippen LogP contribution >= 0.6 is 0 Å². The largest absolute Gasteiger partial charge is 0.482 e. The molecule has 4 rings (SSSR count). The molecule has 5 nitrogen and oxygen atoms in total. The lowest BCUT2D eigenvalue weighted by Crippen LogP contribution is -2.26. The number of carbonyl (C=O) groups is 1. The molecular formula is C26H27NO4. The van der Waals surface area contributed by atoms with Gasteiger partial charge in [-0.15, -0.1) is 0 Å². The monoisotopic (exact) mass is 417 g/mol. The summed E-state index contributed by atoms with van der Waals surface area (Å²) in [4.78, 5) is 13.7. The first-order valence-electron chi connectivity index (χ1n) is 10.5. The minimum atomic E-state index is -0.381. The van der Waals surface area contributed by atoms with E-state index in [4.69, 9.17) is 9.47 Å². The van der Waals surface area contributed by atoms with Gasteiger partial charge in [-0.05, 0) is 29.7 Å². The van der Waals surface area contributed by atoms with Crippen molar-refractivity contribution in [3.63, 3.8) is 0 Å². The quantitative estimate of drug-likeness (QED) is 0.483. The number of fused-ring (bicyclic) bond motifs is 1. The number of anilines is 1. The zero-order valence-corrected chi connectivity index (χ0v) is 17.7. The molecule has 0 atom stereocenters. The van der Waals surface area contributed by atoms with E-state index >= 15 is 0 Å². The lowest BCUT2D eigenvalue weighted by atomic mass is 10.0. The number of ether oxygens (including phenoxy) is 3. The molecule has 160 valence electrons.